The Morgan fingerprint density at radius 1 is 1.29 bits per heavy atom. The third-order valence-electron chi connectivity index (χ3n) is 3.39. The Balaban J connectivity index is 2.04. The third kappa shape index (κ3) is 2.97. The van der Waals surface area contributed by atoms with Crippen LogP contribution in [-0.2, 0) is 12.8 Å². The van der Waals surface area contributed by atoms with Crippen LogP contribution in [-0.4, -0.2) is 26.0 Å². The van der Waals surface area contributed by atoms with Crippen molar-refractivity contribution in [2.24, 2.45) is 10.9 Å². The molecule has 2 aromatic heterocycles. The topological polar surface area (TPSA) is 97.3 Å². The minimum atomic E-state index is 0.0715. The van der Waals surface area contributed by atoms with E-state index < -0.39 is 0 Å². The quantitative estimate of drug-likeness (QED) is 0.389. The normalized spacial score (nSPS) is 14.8. The van der Waals surface area contributed by atoms with E-state index in [2.05, 4.69) is 15.1 Å². The second-order valence-electron chi connectivity index (χ2n) is 4.78. The summed E-state index contributed by atoms with van der Waals surface area (Å²) in [5.74, 6) is 0.0715. The van der Waals surface area contributed by atoms with Crippen molar-refractivity contribution < 1.29 is 5.21 Å². The van der Waals surface area contributed by atoms with Gasteiger partial charge < -0.3 is 10.9 Å². The number of oxime groups is 1. The fraction of sp³-hybridized carbons (Fsp3) is 0.286. The zero-order valence-electron chi connectivity index (χ0n) is 11.4. The van der Waals surface area contributed by atoms with Gasteiger partial charge in [0, 0.05) is 18.1 Å². The Labute approximate surface area is 126 Å². The molecule has 0 aliphatic heterocycles. The minimum Gasteiger partial charge on any atom is -0.409 e. The van der Waals surface area contributed by atoms with Crippen LogP contribution in [0.5, 0.6) is 0 Å². The highest BCUT2D eigenvalue weighted by Crippen LogP contribution is 2.30. The van der Waals surface area contributed by atoms with Gasteiger partial charge in [0.1, 0.15) is 10.1 Å². The van der Waals surface area contributed by atoms with E-state index >= 15 is 0 Å². The van der Waals surface area contributed by atoms with Crippen LogP contribution in [0.25, 0.3) is 0 Å². The average Bonchev–Trinajstić information content (AvgIpc) is 2.54. The predicted molar refractivity (Wildman–Crippen MR) is 79.5 cm³/mol. The van der Waals surface area contributed by atoms with Gasteiger partial charge in [-0.15, -0.1) is 0 Å². The lowest BCUT2D eigenvalue weighted by Gasteiger charge is -2.17. The Morgan fingerprint density at radius 2 is 2.14 bits per heavy atom. The van der Waals surface area contributed by atoms with Crippen molar-refractivity contribution in [1.82, 2.24) is 15.0 Å². The van der Waals surface area contributed by atoms with E-state index in [0.29, 0.717) is 10.6 Å². The molecule has 3 rings (SSSR count). The van der Waals surface area contributed by atoms with E-state index in [1.54, 1.807) is 18.6 Å². The SMILES string of the molecule is NC(=NO)c1cc2c(nc1Sc1cnccn1)CCCC2. The molecule has 6 nitrogen and oxygen atoms in total. The lowest BCUT2D eigenvalue weighted by molar-refractivity contribution is 0.318. The van der Waals surface area contributed by atoms with Crippen LogP contribution in [0, 0.1) is 0 Å². The van der Waals surface area contributed by atoms with E-state index in [-0.39, 0.29) is 5.84 Å². The summed E-state index contributed by atoms with van der Waals surface area (Å²) in [5.41, 5.74) is 8.73. The molecule has 0 saturated heterocycles. The number of nitrogens with zero attached hydrogens (tertiary/aromatic N) is 4. The van der Waals surface area contributed by atoms with Gasteiger partial charge in [-0.1, -0.05) is 5.16 Å². The molecule has 1 aliphatic carbocycles. The minimum absolute atomic E-state index is 0.0715. The first kappa shape index (κ1) is 13.8. The Morgan fingerprint density at radius 3 is 2.90 bits per heavy atom. The highest BCUT2D eigenvalue weighted by Gasteiger charge is 2.18. The number of hydrogen-bond donors (Lipinski definition) is 2. The first-order valence-electron chi connectivity index (χ1n) is 6.72. The molecule has 0 amide bonds. The summed E-state index contributed by atoms with van der Waals surface area (Å²) in [4.78, 5) is 13.0. The zero-order chi connectivity index (χ0) is 14.7. The molecule has 2 heterocycles. The van der Waals surface area contributed by atoms with Crippen LogP contribution in [0.2, 0.25) is 0 Å². The van der Waals surface area contributed by atoms with Crippen LogP contribution in [0.1, 0.15) is 29.7 Å². The molecule has 3 N–H and O–H groups in total. The second-order valence-corrected chi connectivity index (χ2v) is 5.79. The molecule has 0 radical (unpaired) electrons. The fourth-order valence-electron chi connectivity index (χ4n) is 2.37. The van der Waals surface area contributed by atoms with Crippen LogP contribution in [0.4, 0.5) is 0 Å². The van der Waals surface area contributed by atoms with Gasteiger partial charge in [-0.2, -0.15) is 0 Å². The summed E-state index contributed by atoms with van der Waals surface area (Å²) >= 11 is 1.37. The maximum Gasteiger partial charge on any atom is 0.172 e. The van der Waals surface area contributed by atoms with Crippen molar-refractivity contribution in [2.75, 3.05) is 0 Å². The van der Waals surface area contributed by atoms with E-state index in [0.717, 1.165) is 36.4 Å². The molecule has 0 atom stereocenters. The first-order valence-corrected chi connectivity index (χ1v) is 7.54. The maximum absolute atomic E-state index is 8.98. The van der Waals surface area contributed by atoms with Gasteiger partial charge >= 0.3 is 0 Å². The molecule has 0 spiro atoms. The van der Waals surface area contributed by atoms with Gasteiger partial charge in [0.25, 0.3) is 0 Å². The zero-order valence-corrected chi connectivity index (χ0v) is 12.2. The summed E-state index contributed by atoms with van der Waals surface area (Å²) in [6.45, 7) is 0. The van der Waals surface area contributed by atoms with Crippen molar-refractivity contribution >= 4 is 17.6 Å². The average molecular weight is 301 g/mol. The Hall–Kier alpha value is -2.15. The number of fused-ring (bicyclic) bond motifs is 1. The van der Waals surface area contributed by atoms with E-state index in [1.165, 1.54) is 17.3 Å². The summed E-state index contributed by atoms with van der Waals surface area (Å²) in [5, 5.41) is 13.5. The van der Waals surface area contributed by atoms with Crippen molar-refractivity contribution in [3.63, 3.8) is 0 Å². The number of pyridine rings is 1. The number of nitrogens with two attached hydrogens (primary N) is 1. The van der Waals surface area contributed by atoms with Crippen LogP contribution < -0.4 is 5.73 Å². The highest BCUT2D eigenvalue weighted by molar-refractivity contribution is 7.99. The number of hydrogen-bond acceptors (Lipinski definition) is 6. The van der Waals surface area contributed by atoms with Crippen molar-refractivity contribution in [3.8, 4) is 0 Å². The number of amidine groups is 1. The predicted octanol–water partition coefficient (Wildman–Crippen LogP) is 2.00. The molecule has 0 saturated carbocycles. The van der Waals surface area contributed by atoms with Gasteiger partial charge in [-0.3, -0.25) is 4.98 Å². The number of aryl methyl sites for hydroxylation is 2. The molecule has 0 bridgehead atoms. The highest BCUT2D eigenvalue weighted by atomic mass is 32.2. The van der Waals surface area contributed by atoms with Crippen LogP contribution in [0.3, 0.4) is 0 Å². The smallest absolute Gasteiger partial charge is 0.172 e. The Bertz CT molecular complexity index is 675. The van der Waals surface area contributed by atoms with E-state index in [4.69, 9.17) is 15.9 Å². The van der Waals surface area contributed by atoms with Gasteiger partial charge in [0.05, 0.1) is 11.8 Å². The van der Waals surface area contributed by atoms with Gasteiger partial charge in [-0.25, -0.2) is 9.97 Å². The summed E-state index contributed by atoms with van der Waals surface area (Å²) in [6.07, 6.45) is 9.18. The van der Waals surface area contributed by atoms with Gasteiger partial charge in [-0.05, 0) is 49.1 Å². The monoisotopic (exact) mass is 301 g/mol. The molecular formula is C14H15N5OS. The molecule has 0 aromatic carbocycles. The number of aromatic nitrogens is 3. The summed E-state index contributed by atoms with van der Waals surface area (Å²) in [6, 6.07) is 1.98. The lowest BCUT2D eigenvalue weighted by atomic mass is 9.95. The third-order valence-corrected chi connectivity index (χ3v) is 4.31. The number of rotatable bonds is 3. The van der Waals surface area contributed by atoms with Crippen LogP contribution >= 0.6 is 11.8 Å². The van der Waals surface area contributed by atoms with Crippen molar-refractivity contribution in [1.29, 1.82) is 0 Å². The van der Waals surface area contributed by atoms with Crippen molar-refractivity contribution in [2.45, 2.75) is 35.7 Å². The molecule has 0 unspecified atom stereocenters. The van der Waals surface area contributed by atoms with Crippen molar-refractivity contribution in [3.05, 3.63) is 41.5 Å². The van der Waals surface area contributed by atoms with Gasteiger partial charge in [0.2, 0.25) is 0 Å². The largest absolute Gasteiger partial charge is 0.409 e. The Kier molecular flexibility index (Phi) is 4.01. The molecule has 7 heteroatoms. The summed E-state index contributed by atoms with van der Waals surface area (Å²) < 4.78 is 0. The summed E-state index contributed by atoms with van der Waals surface area (Å²) in [7, 11) is 0. The van der Waals surface area contributed by atoms with Gasteiger partial charge in [0.15, 0.2) is 5.84 Å². The van der Waals surface area contributed by atoms with E-state index in [9.17, 15) is 0 Å². The molecular weight excluding hydrogens is 286 g/mol. The standard InChI is InChI=1S/C14H15N5OS/c15-13(19-20)10-7-9-3-1-2-4-11(9)18-14(10)21-12-8-16-5-6-17-12/h5-8,20H,1-4H2,(H2,15,19). The second kappa shape index (κ2) is 6.09. The van der Waals surface area contributed by atoms with E-state index in [1.807, 2.05) is 6.07 Å². The van der Waals surface area contributed by atoms with Crippen LogP contribution in [0.15, 0.2) is 39.9 Å². The molecule has 0 fully saturated rings. The maximum atomic E-state index is 8.98. The molecule has 2 aromatic rings. The molecule has 108 valence electrons. The fourth-order valence-corrected chi connectivity index (χ4v) is 3.22. The molecule has 1 aliphatic rings. The first-order chi connectivity index (χ1) is 10.3. The molecule has 21 heavy (non-hydrogen) atoms. The lowest BCUT2D eigenvalue weighted by Crippen LogP contribution is -2.18.